The number of rotatable bonds is 6. The molecule has 1 saturated heterocycles. The van der Waals surface area contributed by atoms with Crippen molar-refractivity contribution in [3.05, 3.63) is 48.3 Å². The van der Waals surface area contributed by atoms with E-state index in [4.69, 9.17) is 0 Å². The van der Waals surface area contributed by atoms with E-state index in [1.165, 1.54) is 6.07 Å². The maximum atomic E-state index is 13.7. The lowest BCUT2D eigenvalue weighted by molar-refractivity contribution is -0.137. The molecule has 4 heteroatoms. The fraction of sp³-hybridized carbons (Fsp3) is 0.438. The second kappa shape index (κ2) is 6.66. The Bertz CT molecular complexity index is 485. The van der Waals surface area contributed by atoms with E-state index >= 15 is 0 Å². The zero-order chi connectivity index (χ0) is 14.5. The van der Waals surface area contributed by atoms with Crippen molar-refractivity contribution in [2.75, 3.05) is 19.6 Å². The minimum absolute atomic E-state index is 0.0389. The Kier molecular flexibility index (Phi) is 4.90. The number of carbonyl (C=O) groups is 1. The summed E-state index contributed by atoms with van der Waals surface area (Å²) < 4.78 is 13.7. The van der Waals surface area contributed by atoms with Crippen molar-refractivity contribution in [2.24, 2.45) is 11.8 Å². The molecule has 0 aliphatic carbocycles. The third-order valence-corrected chi connectivity index (χ3v) is 3.89. The van der Waals surface area contributed by atoms with Crippen LogP contribution in [0.5, 0.6) is 0 Å². The first-order valence-electron chi connectivity index (χ1n) is 6.97. The predicted octanol–water partition coefficient (Wildman–Crippen LogP) is 2.20. The summed E-state index contributed by atoms with van der Waals surface area (Å²) in [6.07, 6.45) is 1.69. The lowest BCUT2D eigenvalue weighted by atomic mass is 9.88. The van der Waals surface area contributed by atoms with Crippen LogP contribution in [0.2, 0.25) is 0 Å². The van der Waals surface area contributed by atoms with E-state index in [1.54, 1.807) is 29.2 Å². The number of hydrogen-bond acceptors (Lipinski definition) is 2. The van der Waals surface area contributed by atoms with Gasteiger partial charge in [-0.3, -0.25) is 4.79 Å². The van der Waals surface area contributed by atoms with Crippen LogP contribution >= 0.6 is 0 Å². The number of nitrogens with zero attached hydrogens (tertiary/aromatic N) is 1. The van der Waals surface area contributed by atoms with Crippen LogP contribution in [0.4, 0.5) is 4.39 Å². The maximum Gasteiger partial charge on any atom is 0.226 e. The van der Waals surface area contributed by atoms with Crippen LogP contribution in [-0.4, -0.2) is 30.4 Å². The van der Waals surface area contributed by atoms with Crippen LogP contribution in [0.15, 0.2) is 36.9 Å². The number of hydrogen-bond donors (Lipinski definition) is 1. The summed E-state index contributed by atoms with van der Waals surface area (Å²) in [7, 11) is 0. The maximum absolute atomic E-state index is 13.7. The first-order chi connectivity index (χ1) is 9.63. The van der Waals surface area contributed by atoms with Crippen molar-refractivity contribution in [3.8, 4) is 0 Å². The summed E-state index contributed by atoms with van der Waals surface area (Å²) in [5.74, 6) is 0.144. The summed E-state index contributed by atoms with van der Waals surface area (Å²) in [6.45, 7) is 8.14. The van der Waals surface area contributed by atoms with E-state index in [-0.39, 0.29) is 17.6 Å². The Labute approximate surface area is 119 Å². The molecule has 1 unspecified atom stereocenters. The predicted molar refractivity (Wildman–Crippen MR) is 77.5 cm³/mol. The minimum Gasteiger partial charge on any atom is -0.334 e. The van der Waals surface area contributed by atoms with Crippen LogP contribution in [0.3, 0.4) is 0 Å². The largest absolute Gasteiger partial charge is 0.334 e. The van der Waals surface area contributed by atoms with Crippen molar-refractivity contribution in [1.29, 1.82) is 0 Å². The van der Waals surface area contributed by atoms with Gasteiger partial charge in [0.25, 0.3) is 0 Å². The third-order valence-electron chi connectivity index (χ3n) is 3.89. The van der Waals surface area contributed by atoms with Gasteiger partial charge in [-0.25, -0.2) is 4.39 Å². The zero-order valence-electron chi connectivity index (χ0n) is 11.8. The van der Waals surface area contributed by atoms with Crippen molar-refractivity contribution in [2.45, 2.75) is 13.5 Å². The summed E-state index contributed by atoms with van der Waals surface area (Å²) in [5, 5.41) is 3.18. The van der Waals surface area contributed by atoms with Gasteiger partial charge in [0.15, 0.2) is 0 Å². The van der Waals surface area contributed by atoms with E-state index in [2.05, 4.69) is 11.9 Å². The SMILES string of the molecule is C=CCN(Cc1ccccc1F)C(=O)C(C)C1CNC1. The third kappa shape index (κ3) is 3.25. The van der Waals surface area contributed by atoms with Crippen molar-refractivity contribution in [1.82, 2.24) is 10.2 Å². The molecule has 1 atom stereocenters. The Morgan fingerprint density at radius 3 is 2.80 bits per heavy atom. The first kappa shape index (κ1) is 14.7. The van der Waals surface area contributed by atoms with Gasteiger partial charge in [-0.2, -0.15) is 0 Å². The van der Waals surface area contributed by atoms with Gasteiger partial charge in [0.05, 0.1) is 0 Å². The molecule has 2 rings (SSSR count). The van der Waals surface area contributed by atoms with Crippen LogP contribution in [0.1, 0.15) is 12.5 Å². The molecule has 0 radical (unpaired) electrons. The van der Waals surface area contributed by atoms with E-state index in [0.29, 0.717) is 24.6 Å². The summed E-state index contributed by atoms with van der Waals surface area (Å²) in [6, 6.07) is 6.58. The van der Waals surface area contributed by atoms with Gasteiger partial charge >= 0.3 is 0 Å². The highest BCUT2D eigenvalue weighted by Gasteiger charge is 2.31. The Balaban J connectivity index is 2.07. The smallest absolute Gasteiger partial charge is 0.226 e. The van der Waals surface area contributed by atoms with Crippen molar-refractivity contribution < 1.29 is 9.18 Å². The molecule has 1 heterocycles. The highest BCUT2D eigenvalue weighted by atomic mass is 19.1. The van der Waals surface area contributed by atoms with Crippen molar-refractivity contribution >= 4 is 5.91 Å². The van der Waals surface area contributed by atoms with Gasteiger partial charge in [0.2, 0.25) is 5.91 Å². The van der Waals surface area contributed by atoms with Crippen molar-refractivity contribution in [3.63, 3.8) is 0 Å². The normalized spacial score (nSPS) is 16.3. The van der Waals surface area contributed by atoms with E-state index in [9.17, 15) is 9.18 Å². The average Bonchev–Trinajstić information content (AvgIpc) is 2.37. The van der Waals surface area contributed by atoms with Gasteiger partial charge in [0, 0.05) is 24.6 Å². The zero-order valence-corrected chi connectivity index (χ0v) is 11.8. The Morgan fingerprint density at radius 1 is 1.55 bits per heavy atom. The molecule has 20 heavy (non-hydrogen) atoms. The molecule has 0 saturated carbocycles. The van der Waals surface area contributed by atoms with E-state index < -0.39 is 0 Å². The number of carbonyl (C=O) groups excluding carboxylic acids is 1. The molecule has 3 nitrogen and oxygen atoms in total. The summed E-state index contributed by atoms with van der Waals surface area (Å²) in [4.78, 5) is 14.2. The molecule has 1 aliphatic heterocycles. The van der Waals surface area contributed by atoms with Gasteiger partial charge in [-0.15, -0.1) is 6.58 Å². The van der Waals surface area contributed by atoms with Crippen LogP contribution in [0.25, 0.3) is 0 Å². The second-order valence-corrected chi connectivity index (χ2v) is 5.31. The second-order valence-electron chi connectivity index (χ2n) is 5.31. The Hall–Kier alpha value is -1.68. The number of nitrogens with one attached hydrogen (secondary N) is 1. The number of amides is 1. The monoisotopic (exact) mass is 276 g/mol. The summed E-state index contributed by atoms with van der Waals surface area (Å²) in [5.41, 5.74) is 0.543. The van der Waals surface area contributed by atoms with Crippen LogP contribution < -0.4 is 5.32 Å². The lowest BCUT2D eigenvalue weighted by Gasteiger charge is -2.35. The fourth-order valence-electron chi connectivity index (χ4n) is 2.37. The van der Waals surface area contributed by atoms with Crippen LogP contribution in [-0.2, 0) is 11.3 Å². The molecule has 1 aromatic carbocycles. The molecule has 108 valence electrons. The molecule has 0 aromatic heterocycles. The minimum atomic E-state index is -0.271. The topological polar surface area (TPSA) is 32.3 Å². The van der Waals surface area contributed by atoms with E-state index in [1.807, 2.05) is 6.92 Å². The van der Waals surface area contributed by atoms with Gasteiger partial charge in [-0.05, 0) is 25.1 Å². The van der Waals surface area contributed by atoms with Gasteiger partial charge in [0.1, 0.15) is 5.82 Å². The molecule has 1 fully saturated rings. The Morgan fingerprint density at radius 2 is 2.25 bits per heavy atom. The molecule has 1 aliphatic rings. The van der Waals surface area contributed by atoms with Gasteiger partial charge in [-0.1, -0.05) is 31.2 Å². The standard InChI is InChI=1S/C16H21FN2O/c1-3-8-19(11-13-6-4-5-7-15(13)17)16(20)12(2)14-9-18-10-14/h3-7,12,14,18H,1,8-11H2,2H3. The fourth-order valence-corrected chi connectivity index (χ4v) is 2.37. The van der Waals surface area contributed by atoms with E-state index in [0.717, 1.165) is 13.1 Å². The average molecular weight is 276 g/mol. The molecule has 1 aromatic rings. The highest BCUT2D eigenvalue weighted by molar-refractivity contribution is 5.79. The summed E-state index contributed by atoms with van der Waals surface area (Å²) >= 11 is 0. The molecular formula is C16H21FN2O. The first-order valence-corrected chi connectivity index (χ1v) is 6.97. The van der Waals surface area contributed by atoms with Gasteiger partial charge < -0.3 is 10.2 Å². The molecular weight excluding hydrogens is 255 g/mol. The quantitative estimate of drug-likeness (QED) is 0.808. The molecule has 0 spiro atoms. The highest BCUT2D eigenvalue weighted by Crippen LogP contribution is 2.20. The molecule has 1 amide bonds. The number of halogens is 1. The lowest BCUT2D eigenvalue weighted by Crippen LogP contribution is -2.50. The van der Waals surface area contributed by atoms with Crippen LogP contribution in [0, 0.1) is 17.7 Å². The molecule has 1 N–H and O–H groups in total. The molecule has 0 bridgehead atoms. The number of benzene rings is 1.